The summed E-state index contributed by atoms with van der Waals surface area (Å²) in [5.41, 5.74) is 0. The smallest absolute Gasteiger partial charge is 0.0540 e. The zero-order valence-corrected chi connectivity index (χ0v) is 10.8. The largest absolute Gasteiger partial charge is 0.393 e. The van der Waals surface area contributed by atoms with Crippen molar-refractivity contribution in [2.24, 2.45) is 0 Å². The van der Waals surface area contributed by atoms with Crippen LogP contribution in [0, 0.1) is 0 Å². The first-order valence-corrected chi connectivity index (χ1v) is 6.64. The summed E-state index contributed by atoms with van der Waals surface area (Å²) in [5, 5.41) is 9.54. The lowest BCUT2D eigenvalue weighted by atomic mass is 10.1. The Morgan fingerprint density at radius 3 is 2.13 bits per heavy atom. The minimum Gasteiger partial charge on any atom is -0.393 e. The van der Waals surface area contributed by atoms with Crippen molar-refractivity contribution < 1.29 is 5.11 Å². The quantitative estimate of drug-likeness (QED) is 0.566. The van der Waals surface area contributed by atoms with Gasteiger partial charge in [-0.3, -0.25) is 0 Å². The molecular weight excluding hydrogens is 186 g/mol. The van der Waals surface area contributed by atoms with Gasteiger partial charge in [0.25, 0.3) is 0 Å². The van der Waals surface area contributed by atoms with Gasteiger partial charge >= 0.3 is 0 Å². The zero-order chi connectivity index (χ0) is 11.5. The minimum absolute atomic E-state index is 0.0524. The summed E-state index contributed by atoms with van der Waals surface area (Å²) in [7, 11) is 0. The van der Waals surface area contributed by atoms with Gasteiger partial charge in [-0.2, -0.15) is 0 Å². The molecule has 0 rings (SSSR count). The summed E-state index contributed by atoms with van der Waals surface area (Å²) in [5.74, 6) is 0. The first-order valence-electron chi connectivity index (χ1n) is 6.64. The number of hydrogen-bond acceptors (Lipinski definition) is 2. The Kier molecular flexibility index (Phi) is 10.4. The zero-order valence-electron chi connectivity index (χ0n) is 10.8. The number of hydrogen-bond donors (Lipinski definition) is 1. The van der Waals surface area contributed by atoms with Crippen LogP contribution in [0.2, 0.25) is 0 Å². The molecule has 0 aromatic rings. The van der Waals surface area contributed by atoms with Gasteiger partial charge in [-0.05, 0) is 38.9 Å². The first-order chi connectivity index (χ1) is 7.24. The van der Waals surface area contributed by atoms with Crippen LogP contribution in [-0.2, 0) is 0 Å². The Balaban J connectivity index is 3.23. The molecule has 0 heterocycles. The molecule has 1 N–H and O–H groups in total. The lowest BCUT2D eigenvalue weighted by Crippen LogP contribution is -2.23. The molecule has 0 aliphatic rings. The number of aliphatic hydroxyl groups is 1. The van der Waals surface area contributed by atoms with E-state index in [0.717, 1.165) is 32.4 Å². The Morgan fingerprint density at radius 2 is 1.60 bits per heavy atom. The molecule has 0 saturated carbocycles. The lowest BCUT2D eigenvalue weighted by Gasteiger charge is -2.17. The van der Waals surface area contributed by atoms with E-state index in [1.807, 2.05) is 0 Å². The van der Waals surface area contributed by atoms with E-state index in [0.29, 0.717) is 0 Å². The molecule has 0 aliphatic carbocycles. The molecular formula is C13H29NO. The molecule has 1 unspecified atom stereocenters. The van der Waals surface area contributed by atoms with Crippen LogP contribution in [0.4, 0.5) is 0 Å². The van der Waals surface area contributed by atoms with Crippen LogP contribution in [0.3, 0.4) is 0 Å². The second kappa shape index (κ2) is 10.4. The molecule has 2 heteroatoms. The Labute approximate surface area is 95.7 Å². The summed E-state index contributed by atoms with van der Waals surface area (Å²) in [6, 6.07) is 0. The predicted molar refractivity (Wildman–Crippen MR) is 67.2 cm³/mol. The van der Waals surface area contributed by atoms with Crippen molar-refractivity contribution in [3.05, 3.63) is 0 Å². The Morgan fingerprint density at radius 1 is 0.933 bits per heavy atom. The fourth-order valence-corrected chi connectivity index (χ4v) is 1.91. The van der Waals surface area contributed by atoms with Crippen molar-refractivity contribution in [2.75, 3.05) is 19.6 Å². The van der Waals surface area contributed by atoms with Gasteiger partial charge in [-0.15, -0.1) is 0 Å². The number of nitrogens with zero attached hydrogens (tertiary/aromatic N) is 1. The maximum atomic E-state index is 9.54. The molecule has 1 atom stereocenters. The molecule has 0 spiro atoms. The summed E-state index contributed by atoms with van der Waals surface area (Å²) in [6.45, 7) is 10.1. The van der Waals surface area contributed by atoms with E-state index in [1.54, 1.807) is 0 Å². The van der Waals surface area contributed by atoms with Crippen LogP contribution >= 0.6 is 0 Å². The van der Waals surface area contributed by atoms with Gasteiger partial charge in [0.05, 0.1) is 6.10 Å². The summed E-state index contributed by atoms with van der Waals surface area (Å²) >= 11 is 0. The predicted octanol–water partition coefficient (Wildman–Crippen LogP) is 3.05. The van der Waals surface area contributed by atoms with E-state index >= 15 is 0 Å². The Hall–Kier alpha value is -0.0800. The lowest BCUT2D eigenvalue weighted by molar-refractivity contribution is 0.149. The van der Waals surface area contributed by atoms with Gasteiger partial charge in [0.15, 0.2) is 0 Å². The van der Waals surface area contributed by atoms with Gasteiger partial charge in [0.1, 0.15) is 0 Å². The first kappa shape index (κ1) is 14.9. The molecule has 2 nitrogen and oxygen atoms in total. The SMILES string of the molecule is CCCC(O)CCCCCN(CC)CC. The van der Waals surface area contributed by atoms with E-state index in [9.17, 15) is 5.11 Å². The molecule has 0 aromatic heterocycles. The second-order valence-electron chi connectivity index (χ2n) is 4.32. The molecule has 0 aliphatic heterocycles. The van der Waals surface area contributed by atoms with Crippen molar-refractivity contribution in [2.45, 2.75) is 65.4 Å². The summed E-state index contributed by atoms with van der Waals surface area (Å²) < 4.78 is 0. The molecule has 15 heavy (non-hydrogen) atoms. The summed E-state index contributed by atoms with van der Waals surface area (Å²) in [6.07, 6.45) is 6.73. The van der Waals surface area contributed by atoms with Gasteiger partial charge in [0, 0.05) is 0 Å². The van der Waals surface area contributed by atoms with Crippen LogP contribution < -0.4 is 0 Å². The molecule has 0 amide bonds. The van der Waals surface area contributed by atoms with Crippen molar-refractivity contribution >= 4 is 0 Å². The maximum Gasteiger partial charge on any atom is 0.0540 e. The van der Waals surface area contributed by atoms with Crippen LogP contribution in [0.5, 0.6) is 0 Å². The molecule has 0 bridgehead atoms. The average Bonchev–Trinajstić information content (AvgIpc) is 2.24. The molecule has 0 fully saturated rings. The fourth-order valence-electron chi connectivity index (χ4n) is 1.91. The fraction of sp³-hybridized carbons (Fsp3) is 1.00. The monoisotopic (exact) mass is 215 g/mol. The van der Waals surface area contributed by atoms with Gasteiger partial charge < -0.3 is 10.0 Å². The highest BCUT2D eigenvalue weighted by molar-refractivity contribution is 4.57. The van der Waals surface area contributed by atoms with Crippen LogP contribution in [-0.4, -0.2) is 35.7 Å². The van der Waals surface area contributed by atoms with Gasteiger partial charge in [-0.1, -0.05) is 40.0 Å². The second-order valence-corrected chi connectivity index (χ2v) is 4.32. The van der Waals surface area contributed by atoms with E-state index in [4.69, 9.17) is 0 Å². The van der Waals surface area contributed by atoms with Gasteiger partial charge in [0.2, 0.25) is 0 Å². The van der Waals surface area contributed by atoms with Crippen LogP contribution in [0.1, 0.15) is 59.3 Å². The van der Waals surface area contributed by atoms with Crippen molar-refractivity contribution in [1.29, 1.82) is 0 Å². The molecule has 0 radical (unpaired) electrons. The van der Waals surface area contributed by atoms with E-state index < -0.39 is 0 Å². The van der Waals surface area contributed by atoms with E-state index in [-0.39, 0.29) is 6.10 Å². The number of aliphatic hydroxyl groups excluding tert-OH is 1. The maximum absolute atomic E-state index is 9.54. The standard InChI is InChI=1S/C13H29NO/c1-4-10-13(15)11-8-7-9-12-14(5-2)6-3/h13,15H,4-12H2,1-3H3. The van der Waals surface area contributed by atoms with Crippen LogP contribution in [0.25, 0.3) is 0 Å². The number of unbranched alkanes of at least 4 members (excludes halogenated alkanes) is 2. The Bertz CT molecular complexity index is 124. The molecule has 0 saturated heterocycles. The minimum atomic E-state index is -0.0524. The third-order valence-corrected chi connectivity index (χ3v) is 3.03. The van der Waals surface area contributed by atoms with Crippen molar-refractivity contribution in [3.8, 4) is 0 Å². The highest BCUT2D eigenvalue weighted by Crippen LogP contribution is 2.08. The third-order valence-electron chi connectivity index (χ3n) is 3.03. The highest BCUT2D eigenvalue weighted by Gasteiger charge is 2.02. The van der Waals surface area contributed by atoms with Crippen molar-refractivity contribution in [1.82, 2.24) is 4.90 Å². The number of rotatable bonds is 10. The van der Waals surface area contributed by atoms with Crippen molar-refractivity contribution in [3.63, 3.8) is 0 Å². The summed E-state index contributed by atoms with van der Waals surface area (Å²) in [4.78, 5) is 2.46. The van der Waals surface area contributed by atoms with Gasteiger partial charge in [-0.25, -0.2) is 0 Å². The molecule has 0 aromatic carbocycles. The highest BCUT2D eigenvalue weighted by atomic mass is 16.3. The average molecular weight is 215 g/mol. The topological polar surface area (TPSA) is 23.5 Å². The van der Waals surface area contributed by atoms with E-state index in [2.05, 4.69) is 25.7 Å². The molecule has 92 valence electrons. The van der Waals surface area contributed by atoms with E-state index in [1.165, 1.54) is 25.8 Å². The van der Waals surface area contributed by atoms with Crippen LogP contribution in [0.15, 0.2) is 0 Å². The third kappa shape index (κ3) is 8.88. The normalized spacial score (nSPS) is 13.4.